The standard InChI is InChI=1S/C28H32N2O4S/c1-33-24-7-4-21(5-8-24)3-2-12-29-13-10-28(32,11-14-29)23-6-9-25-22(19-23)20-26(34-25)27(31)30-15-17-35-18-16-30/h2-9,19-20,32H,10-18H2,1H3/b3-2+. The second-order valence-corrected chi connectivity index (χ2v) is 10.5. The molecule has 2 aliphatic heterocycles. The number of hydrogen-bond donors (Lipinski definition) is 1. The molecule has 184 valence electrons. The first-order chi connectivity index (χ1) is 17.0. The van der Waals surface area contributed by atoms with Crippen LogP contribution in [0.5, 0.6) is 5.75 Å². The number of piperidine rings is 1. The number of amides is 1. The molecule has 3 aromatic rings. The van der Waals surface area contributed by atoms with E-state index in [-0.39, 0.29) is 5.91 Å². The fraction of sp³-hybridized carbons (Fsp3) is 0.393. The van der Waals surface area contributed by atoms with Gasteiger partial charge in [0.1, 0.15) is 11.3 Å². The van der Waals surface area contributed by atoms with Crippen molar-refractivity contribution < 1.29 is 19.1 Å². The smallest absolute Gasteiger partial charge is 0.289 e. The van der Waals surface area contributed by atoms with Crippen molar-refractivity contribution in [3.05, 3.63) is 71.5 Å². The molecule has 5 rings (SSSR count). The van der Waals surface area contributed by atoms with Crippen LogP contribution in [0.3, 0.4) is 0 Å². The number of fused-ring (bicyclic) bond motifs is 1. The van der Waals surface area contributed by atoms with Crippen LogP contribution in [-0.4, -0.2) is 72.2 Å². The number of carbonyl (C=O) groups excluding carboxylic acids is 1. The highest BCUT2D eigenvalue weighted by Gasteiger charge is 2.34. The Kier molecular flexibility index (Phi) is 7.18. The van der Waals surface area contributed by atoms with Crippen molar-refractivity contribution in [3.8, 4) is 5.75 Å². The van der Waals surface area contributed by atoms with Crippen molar-refractivity contribution in [2.24, 2.45) is 0 Å². The Balaban J connectivity index is 1.20. The van der Waals surface area contributed by atoms with Crippen molar-refractivity contribution in [3.63, 3.8) is 0 Å². The lowest BCUT2D eigenvalue weighted by atomic mass is 9.84. The van der Waals surface area contributed by atoms with E-state index in [1.54, 1.807) is 7.11 Å². The van der Waals surface area contributed by atoms with Gasteiger partial charge in [-0.15, -0.1) is 0 Å². The van der Waals surface area contributed by atoms with Gasteiger partial charge in [-0.2, -0.15) is 11.8 Å². The summed E-state index contributed by atoms with van der Waals surface area (Å²) >= 11 is 1.87. The molecule has 7 heteroatoms. The Morgan fingerprint density at radius 1 is 1.09 bits per heavy atom. The van der Waals surface area contributed by atoms with Crippen LogP contribution >= 0.6 is 11.8 Å². The maximum absolute atomic E-state index is 12.8. The van der Waals surface area contributed by atoms with Crippen LogP contribution in [-0.2, 0) is 5.60 Å². The first kappa shape index (κ1) is 24.0. The first-order valence-electron chi connectivity index (χ1n) is 12.2. The zero-order valence-corrected chi connectivity index (χ0v) is 20.9. The minimum absolute atomic E-state index is 0.0437. The summed E-state index contributed by atoms with van der Waals surface area (Å²) in [4.78, 5) is 17.0. The van der Waals surface area contributed by atoms with Crippen LogP contribution in [0.15, 0.2) is 59.0 Å². The molecule has 0 atom stereocenters. The van der Waals surface area contributed by atoms with Crippen molar-refractivity contribution in [2.45, 2.75) is 18.4 Å². The molecule has 0 radical (unpaired) electrons. The molecule has 3 heterocycles. The number of ether oxygens (including phenoxy) is 1. The normalized spacial score (nSPS) is 18.9. The summed E-state index contributed by atoms with van der Waals surface area (Å²) in [6, 6.07) is 15.6. The summed E-state index contributed by atoms with van der Waals surface area (Å²) in [5.74, 6) is 3.14. The average Bonchev–Trinajstić information content (AvgIpc) is 3.34. The van der Waals surface area contributed by atoms with Gasteiger partial charge >= 0.3 is 0 Å². The lowest BCUT2D eigenvalue weighted by molar-refractivity contribution is -0.0232. The fourth-order valence-corrected chi connectivity index (χ4v) is 5.71. The topological polar surface area (TPSA) is 66.2 Å². The predicted molar refractivity (Wildman–Crippen MR) is 141 cm³/mol. The highest BCUT2D eigenvalue weighted by molar-refractivity contribution is 7.99. The van der Waals surface area contributed by atoms with E-state index >= 15 is 0 Å². The molecule has 0 aliphatic carbocycles. The van der Waals surface area contributed by atoms with Gasteiger partial charge in [0.25, 0.3) is 5.91 Å². The lowest BCUT2D eigenvalue weighted by Crippen LogP contribution is -2.42. The molecule has 1 amide bonds. The van der Waals surface area contributed by atoms with E-state index in [0.717, 1.165) is 66.5 Å². The summed E-state index contributed by atoms with van der Waals surface area (Å²) in [5, 5.41) is 12.3. The summed E-state index contributed by atoms with van der Waals surface area (Å²) in [6.07, 6.45) is 5.63. The molecule has 2 saturated heterocycles. The van der Waals surface area contributed by atoms with Gasteiger partial charge < -0.3 is 19.2 Å². The Hall–Kier alpha value is -2.74. The molecule has 1 N–H and O–H groups in total. The van der Waals surface area contributed by atoms with Crippen molar-refractivity contribution in [1.29, 1.82) is 0 Å². The van der Waals surface area contributed by atoms with E-state index < -0.39 is 5.60 Å². The van der Waals surface area contributed by atoms with Crippen LogP contribution in [0.25, 0.3) is 17.0 Å². The van der Waals surface area contributed by atoms with Gasteiger partial charge in [-0.1, -0.05) is 30.4 Å². The number of aliphatic hydroxyl groups is 1. The van der Waals surface area contributed by atoms with Gasteiger partial charge in [-0.3, -0.25) is 9.69 Å². The van der Waals surface area contributed by atoms with Gasteiger partial charge in [0.15, 0.2) is 5.76 Å². The van der Waals surface area contributed by atoms with Gasteiger partial charge in [0, 0.05) is 49.6 Å². The van der Waals surface area contributed by atoms with Crippen molar-refractivity contribution in [1.82, 2.24) is 9.80 Å². The molecule has 6 nitrogen and oxygen atoms in total. The van der Waals surface area contributed by atoms with E-state index in [1.807, 2.05) is 65.2 Å². The third-order valence-electron chi connectivity index (χ3n) is 7.04. The Labute approximate surface area is 210 Å². The molecule has 35 heavy (non-hydrogen) atoms. The summed E-state index contributed by atoms with van der Waals surface area (Å²) < 4.78 is 11.1. The highest BCUT2D eigenvalue weighted by atomic mass is 32.2. The second kappa shape index (κ2) is 10.5. The third kappa shape index (κ3) is 5.42. The number of rotatable bonds is 6. The quantitative estimate of drug-likeness (QED) is 0.541. The van der Waals surface area contributed by atoms with Crippen LogP contribution in [0.4, 0.5) is 0 Å². The zero-order chi connectivity index (χ0) is 24.3. The first-order valence-corrected chi connectivity index (χ1v) is 13.4. The minimum atomic E-state index is -0.865. The molecule has 2 aliphatic rings. The molecule has 2 fully saturated rings. The minimum Gasteiger partial charge on any atom is -0.497 e. The predicted octanol–water partition coefficient (Wildman–Crippen LogP) is 4.63. The Bertz CT molecular complexity index is 1190. The van der Waals surface area contributed by atoms with E-state index in [9.17, 15) is 9.90 Å². The van der Waals surface area contributed by atoms with E-state index in [0.29, 0.717) is 24.2 Å². The number of furan rings is 1. The molecular weight excluding hydrogens is 460 g/mol. The van der Waals surface area contributed by atoms with Crippen LogP contribution in [0.1, 0.15) is 34.5 Å². The number of thioether (sulfide) groups is 1. The largest absolute Gasteiger partial charge is 0.497 e. The molecular formula is C28H32N2O4S. The molecule has 0 spiro atoms. The van der Waals surface area contributed by atoms with Gasteiger partial charge in [0.05, 0.1) is 12.7 Å². The summed E-state index contributed by atoms with van der Waals surface area (Å²) in [6.45, 7) is 4.02. The van der Waals surface area contributed by atoms with Crippen molar-refractivity contribution >= 4 is 34.7 Å². The highest BCUT2D eigenvalue weighted by Crippen LogP contribution is 2.35. The number of methoxy groups -OCH3 is 1. The SMILES string of the molecule is COc1ccc(/C=C/CN2CCC(O)(c3ccc4oc(C(=O)N5CCSCC5)cc4c3)CC2)cc1. The zero-order valence-electron chi connectivity index (χ0n) is 20.1. The van der Waals surface area contributed by atoms with Gasteiger partial charge in [0.2, 0.25) is 0 Å². The Morgan fingerprint density at radius 2 is 1.83 bits per heavy atom. The fourth-order valence-electron chi connectivity index (χ4n) is 4.81. The van der Waals surface area contributed by atoms with Crippen LogP contribution < -0.4 is 4.74 Å². The van der Waals surface area contributed by atoms with Gasteiger partial charge in [-0.25, -0.2) is 0 Å². The number of likely N-dealkylation sites (tertiary alicyclic amines) is 1. The number of hydrogen-bond acceptors (Lipinski definition) is 6. The third-order valence-corrected chi connectivity index (χ3v) is 7.98. The van der Waals surface area contributed by atoms with E-state index in [1.165, 1.54) is 0 Å². The molecule has 2 aromatic carbocycles. The maximum Gasteiger partial charge on any atom is 0.289 e. The number of carbonyl (C=O) groups is 1. The Morgan fingerprint density at radius 3 is 2.54 bits per heavy atom. The summed E-state index contributed by atoms with van der Waals surface area (Å²) in [7, 11) is 1.67. The van der Waals surface area contributed by atoms with Gasteiger partial charge in [-0.05, 0) is 54.3 Å². The molecule has 0 unspecified atom stereocenters. The number of benzene rings is 2. The van der Waals surface area contributed by atoms with E-state index in [4.69, 9.17) is 9.15 Å². The molecule has 1 aromatic heterocycles. The van der Waals surface area contributed by atoms with Crippen molar-refractivity contribution in [2.75, 3.05) is 51.3 Å². The van der Waals surface area contributed by atoms with E-state index in [2.05, 4.69) is 17.1 Å². The lowest BCUT2D eigenvalue weighted by Gasteiger charge is -2.38. The number of nitrogens with zero attached hydrogens (tertiary/aromatic N) is 2. The molecule has 0 bridgehead atoms. The monoisotopic (exact) mass is 492 g/mol. The van der Waals surface area contributed by atoms with Crippen LogP contribution in [0, 0.1) is 0 Å². The molecule has 0 saturated carbocycles. The van der Waals surface area contributed by atoms with Crippen LogP contribution in [0.2, 0.25) is 0 Å². The second-order valence-electron chi connectivity index (χ2n) is 9.28. The average molecular weight is 493 g/mol. The maximum atomic E-state index is 12.8. The summed E-state index contributed by atoms with van der Waals surface area (Å²) in [5.41, 5.74) is 1.86.